The molecular formula is C17H22N4O2. The fourth-order valence-electron chi connectivity index (χ4n) is 2.79. The zero-order valence-electron chi connectivity index (χ0n) is 13.3. The van der Waals surface area contributed by atoms with Crippen molar-refractivity contribution in [2.45, 2.75) is 19.1 Å². The molecule has 6 nitrogen and oxygen atoms in total. The fourth-order valence-corrected chi connectivity index (χ4v) is 2.79. The zero-order valence-corrected chi connectivity index (χ0v) is 13.3. The molecule has 3 rings (SSSR count). The van der Waals surface area contributed by atoms with Gasteiger partial charge in [0.25, 0.3) is 0 Å². The quantitative estimate of drug-likeness (QED) is 0.912. The minimum atomic E-state index is -0.0656. The molecule has 2 heterocycles. The summed E-state index contributed by atoms with van der Waals surface area (Å²) < 4.78 is 7.40. The van der Waals surface area contributed by atoms with Crippen molar-refractivity contribution in [3.63, 3.8) is 0 Å². The van der Waals surface area contributed by atoms with Crippen LogP contribution in [0.25, 0.3) is 0 Å². The molecule has 1 aromatic heterocycles. The molecule has 122 valence electrons. The van der Waals surface area contributed by atoms with Crippen molar-refractivity contribution >= 4 is 11.6 Å². The number of hydrogen-bond donors (Lipinski definition) is 1. The number of ether oxygens (including phenoxy) is 1. The SMILES string of the molecule is Cn1cc(NC(=O)C[C@@H]2CN(Cc3ccccc3)CCO2)cn1. The fraction of sp³-hybridized carbons (Fsp3) is 0.412. The lowest BCUT2D eigenvalue weighted by molar-refractivity contribution is -0.121. The summed E-state index contributed by atoms with van der Waals surface area (Å²) in [7, 11) is 1.82. The Morgan fingerprint density at radius 1 is 1.39 bits per heavy atom. The summed E-state index contributed by atoms with van der Waals surface area (Å²) in [6.07, 6.45) is 3.71. The first-order chi connectivity index (χ1) is 11.2. The summed E-state index contributed by atoms with van der Waals surface area (Å²) in [5, 5.41) is 6.89. The number of aryl methyl sites for hydroxylation is 1. The van der Waals surface area contributed by atoms with Crippen molar-refractivity contribution in [3.8, 4) is 0 Å². The van der Waals surface area contributed by atoms with Gasteiger partial charge in [0.05, 0.1) is 31.0 Å². The van der Waals surface area contributed by atoms with Crippen LogP contribution in [-0.4, -0.2) is 46.4 Å². The molecule has 1 aliphatic rings. The maximum atomic E-state index is 12.1. The summed E-state index contributed by atoms with van der Waals surface area (Å²) in [5.41, 5.74) is 2.00. The molecule has 1 amide bonds. The van der Waals surface area contributed by atoms with E-state index in [4.69, 9.17) is 4.74 Å². The van der Waals surface area contributed by atoms with E-state index in [1.54, 1.807) is 17.1 Å². The average molecular weight is 314 g/mol. The van der Waals surface area contributed by atoms with Crippen LogP contribution in [0.2, 0.25) is 0 Å². The van der Waals surface area contributed by atoms with Crippen LogP contribution in [0.15, 0.2) is 42.7 Å². The molecule has 0 aliphatic carbocycles. The van der Waals surface area contributed by atoms with E-state index in [2.05, 4.69) is 39.6 Å². The van der Waals surface area contributed by atoms with Gasteiger partial charge in [0, 0.05) is 32.9 Å². The Morgan fingerprint density at radius 3 is 2.96 bits per heavy atom. The highest BCUT2D eigenvalue weighted by Crippen LogP contribution is 2.13. The number of hydrogen-bond acceptors (Lipinski definition) is 4. The molecule has 1 atom stereocenters. The van der Waals surface area contributed by atoms with Crippen LogP contribution < -0.4 is 5.32 Å². The summed E-state index contributed by atoms with van der Waals surface area (Å²) in [6.45, 7) is 3.23. The number of benzene rings is 1. The van der Waals surface area contributed by atoms with Gasteiger partial charge in [0.1, 0.15) is 0 Å². The number of aromatic nitrogens is 2. The molecule has 0 saturated carbocycles. The van der Waals surface area contributed by atoms with Crippen LogP contribution in [0, 0.1) is 0 Å². The van der Waals surface area contributed by atoms with Gasteiger partial charge in [-0.25, -0.2) is 0 Å². The van der Waals surface area contributed by atoms with E-state index >= 15 is 0 Å². The van der Waals surface area contributed by atoms with E-state index in [0.717, 1.165) is 25.3 Å². The van der Waals surface area contributed by atoms with Crippen molar-refractivity contribution in [1.82, 2.24) is 14.7 Å². The average Bonchev–Trinajstić information content (AvgIpc) is 2.93. The van der Waals surface area contributed by atoms with Gasteiger partial charge in [-0.2, -0.15) is 5.10 Å². The first kappa shape index (κ1) is 15.7. The van der Waals surface area contributed by atoms with Gasteiger partial charge in [0.15, 0.2) is 0 Å². The number of anilines is 1. The summed E-state index contributed by atoms with van der Waals surface area (Å²) in [5.74, 6) is -0.0374. The highest BCUT2D eigenvalue weighted by atomic mass is 16.5. The van der Waals surface area contributed by atoms with Crippen LogP contribution in [0.5, 0.6) is 0 Å². The molecule has 1 N–H and O–H groups in total. The lowest BCUT2D eigenvalue weighted by atomic mass is 10.1. The van der Waals surface area contributed by atoms with Gasteiger partial charge in [-0.3, -0.25) is 14.4 Å². The highest BCUT2D eigenvalue weighted by Gasteiger charge is 2.23. The van der Waals surface area contributed by atoms with E-state index in [9.17, 15) is 4.79 Å². The molecule has 6 heteroatoms. The molecule has 23 heavy (non-hydrogen) atoms. The first-order valence-corrected chi connectivity index (χ1v) is 7.85. The third kappa shape index (κ3) is 4.64. The molecule has 0 radical (unpaired) electrons. The predicted octanol–water partition coefficient (Wildman–Crippen LogP) is 1.65. The minimum absolute atomic E-state index is 0.0374. The Bertz CT molecular complexity index is 641. The molecular weight excluding hydrogens is 292 g/mol. The van der Waals surface area contributed by atoms with Crippen molar-refractivity contribution in [2.75, 3.05) is 25.0 Å². The van der Waals surface area contributed by atoms with E-state index in [1.807, 2.05) is 13.1 Å². The number of carbonyl (C=O) groups is 1. The monoisotopic (exact) mass is 314 g/mol. The molecule has 0 spiro atoms. The summed E-state index contributed by atoms with van der Waals surface area (Å²) in [4.78, 5) is 14.4. The van der Waals surface area contributed by atoms with Crippen molar-refractivity contribution in [3.05, 3.63) is 48.3 Å². The number of rotatable bonds is 5. The van der Waals surface area contributed by atoms with Crippen molar-refractivity contribution in [1.29, 1.82) is 0 Å². The van der Waals surface area contributed by atoms with Gasteiger partial charge < -0.3 is 10.1 Å². The molecule has 0 unspecified atom stereocenters. The maximum Gasteiger partial charge on any atom is 0.227 e. The van der Waals surface area contributed by atoms with Crippen LogP contribution in [0.1, 0.15) is 12.0 Å². The van der Waals surface area contributed by atoms with Crippen LogP contribution in [0.3, 0.4) is 0 Å². The predicted molar refractivity (Wildman–Crippen MR) is 87.9 cm³/mol. The van der Waals surface area contributed by atoms with Gasteiger partial charge in [-0.15, -0.1) is 0 Å². The molecule has 1 fully saturated rings. The normalized spacial score (nSPS) is 18.7. The zero-order chi connectivity index (χ0) is 16.1. The van der Waals surface area contributed by atoms with Gasteiger partial charge in [0.2, 0.25) is 5.91 Å². The molecule has 1 saturated heterocycles. The van der Waals surface area contributed by atoms with E-state index in [-0.39, 0.29) is 12.0 Å². The number of amides is 1. The van der Waals surface area contributed by atoms with Gasteiger partial charge >= 0.3 is 0 Å². The molecule has 0 bridgehead atoms. The number of carbonyl (C=O) groups excluding carboxylic acids is 1. The summed E-state index contributed by atoms with van der Waals surface area (Å²) >= 11 is 0. The minimum Gasteiger partial charge on any atom is -0.375 e. The van der Waals surface area contributed by atoms with Gasteiger partial charge in [-0.1, -0.05) is 30.3 Å². The Kier molecular flexibility index (Phi) is 5.05. The summed E-state index contributed by atoms with van der Waals surface area (Å²) in [6, 6.07) is 10.4. The van der Waals surface area contributed by atoms with E-state index < -0.39 is 0 Å². The van der Waals surface area contributed by atoms with E-state index in [0.29, 0.717) is 13.0 Å². The number of nitrogens with zero attached hydrogens (tertiary/aromatic N) is 3. The second-order valence-electron chi connectivity index (χ2n) is 5.87. The third-order valence-electron chi connectivity index (χ3n) is 3.87. The largest absolute Gasteiger partial charge is 0.375 e. The second kappa shape index (κ2) is 7.39. The maximum absolute atomic E-state index is 12.1. The first-order valence-electron chi connectivity index (χ1n) is 7.85. The second-order valence-corrected chi connectivity index (χ2v) is 5.87. The Hall–Kier alpha value is -2.18. The van der Waals surface area contributed by atoms with Gasteiger partial charge in [-0.05, 0) is 5.56 Å². The van der Waals surface area contributed by atoms with Crippen molar-refractivity contribution in [2.24, 2.45) is 7.05 Å². The Balaban J connectivity index is 1.49. The van der Waals surface area contributed by atoms with Crippen LogP contribution in [0.4, 0.5) is 5.69 Å². The molecule has 1 aromatic carbocycles. The third-order valence-corrected chi connectivity index (χ3v) is 3.87. The number of morpholine rings is 1. The smallest absolute Gasteiger partial charge is 0.227 e. The van der Waals surface area contributed by atoms with Crippen LogP contribution in [-0.2, 0) is 23.1 Å². The van der Waals surface area contributed by atoms with Crippen molar-refractivity contribution < 1.29 is 9.53 Å². The molecule has 1 aliphatic heterocycles. The Morgan fingerprint density at radius 2 is 2.22 bits per heavy atom. The van der Waals surface area contributed by atoms with E-state index in [1.165, 1.54) is 5.56 Å². The standard InChI is InChI=1S/C17H22N4O2/c1-20-12-15(10-18-20)19-17(22)9-16-13-21(7-8-23-16)11-14-5-3-2-4-6-14/h2-6,10,12,16H,7-9,11,13H2,1H3,(H,19,22)/t16-/m1/s1. The lowest BCUT2D eigenvalue weighted by Gasteiger charge is -2.32. The number of nitrogens with one attached hydrogen (secondary N) is 1. The topological polar surface area (TPSA) is 59.4 Å². The lowest BCUT2D eigenvalue weighted by Crippen LogP contribution is -2.43. The Labute approximate surface area is 136 Å². The van der Waals surface area contributed by atoms with Crippen LogP contribution >= 0.6 is 0 Å². The highest BCUT2D eigenvalue weighted by molar-refractivity contribution is 5.90. The molecule has 2 aromatic rings.